The summed E-state index contributed by atoms with van der Waals surface area (Å²) in [5.74, 6) is -0.180. The quantitative estimate of drug-likeness (QED) is 0.505. The first kappa shape index (κ1) is 18.0. The van der Waals surface area contributed by atoms with Gasteiger partial charge in [-0.05, 0) is 18.1 Å². The molecule has 2 rings (SSSR count). The van der Waals surface area contributed by atoms with Crippen LogP contribution in [0.2, 0.25) is 6.32 Å². The van der Waals surface area contributed by atoms with Crippen LogP contribution in [0.1, 0.15) is 18.0 Å². The van der Waals surface area contributed by atoms with Crippen molar-refractivity contribution >= 4 is 19.1 Å². The number of alkyl carbamates (subject to hydrolysis) is 1. The molecule has 1 aromatic rings. The van der Waals surface area contributed by atoms with Crippen LogP contribution in [-0.4, -0.2) is 53.3 Å². The van der Waals surface area contributed by atoms with Crippen LogP contribution in [0.15, 0.2) is 43.0 Å². The average molecular weight is 332 g/mol. The molecule has 1 aliphatic heterocycles. The summed E-state index contributed by atoms with van der Waals surface area (Å²) in [4.78, 5) is 25.1. The summed E-state index contributed by atoms with van der Waals surface area (Å²) in [6.45, 7) is 4.16. The molecule has 0 saturated carbocycles. The Morgan fingerprint density at radius 1 is 1.42 bits per heavy atom. The first-order valence-corrected chi connectivity index (χ1v) is 7.78. The molecule has 1 aromatic carbocycles. The second kappa shape index (κ2) is 8.51. The lowest BCUT2D eigenvalue weighted by atomic mass is 9.79. The van der Waals surface area contributed by atoms with E-state index in [2.05, 4.69) is 11.9 Å². The number of benzene rings is 1. The molecule has 0 unspecified atom stereocenters. The third-order valence-electron chi connectivity index (χ3n) is 3.95. The summed E-state index contributed by atoms with van der Waals surface area (Å²) in [6.07, 6.45) is 1.29. The third kappa shape index (κ3) is 4.84. The summed E-state index contributed by atoms with van der Waals surface area (Å²) >= 11 is 0. The van der Waals surface area contributed by atoms with Gasteiger partial charge in [0.25, 0.3) is 0 Å². The minimum absolute atomic E-state index is 0.0520. The van der Waals surface area contributed by atoms with Gasteiger partial charge in [-0.2, -0.15) is 0 Å². The highest BCUT2D eigenvalue weighted by molar-refractivity contribution is 6.41. The number of nitrogens with one attached hydrogen (secondary N) is 1. The molecule has 2 atom stereocenters. The predicted molar refractivity (Wildman–Crippen MR) is 89.0 cm³/mol. The fraction of sp³-hybridized carbons (Fsp3) is 0.375. The number of carbonyl (C=O) groups is 2. The average Bonchev–Trinajstić information content (AvgIpc) is 2.53. The molecule has 0 aliphatic carbocycles. The number of carbonyl (C=O) groups excluding carboxylic acids is 2. The summed E-state index contributed by atoms with van der Waals surface area (Å²) in [5, 5.41) is 21.0. The van der Waals surface area contributed by atoms with Gasteiger partial charge in [0, 0.05) is 12.9 Å². The molecule has 0 aromatic heterocycles. The SMILES string of the molecule is C=CC(=O)N1CC[C@H]1COC(=O)N[C@H](CB(O)O)c1ccccc1. The first-order valence-electron chi connectivity index (χ1n) is 7.78. The topological polar surface area (TPSA) is 99.1 Å². The summed E-state index contributed by atoms with van der Waals surface area (Å²) < 4.78 is 5.16. The zero-order valence-electron chi connectivity index (χ0n) is 13.3. The monoisotopic (exact) mass is 332 g/mol. The summed E-state index contributed by atoms with van der Waals surface area (Å²) in [6, 6.07) is 8.27. The minimum Gasteiger partial charge on any atom is -0.447 e. The van der Waals surface area contributed by atoms with Crippen LogP contribution in [0.3, 0.4) is 0 Å². The van der Waals surface area contributed by atoms with E-state index in [1.807, 2.05) is 6.07 Å². The second-order valence-electron chi connectivity index (χ2n) is 5.60. The fourth-order valence-corrected chi connectivity index (χ4v) is 2.55. The van der Waals surface area contributed by atoms with Gasteiger partial charge in [-0.3, -0.25) is 4.79 Å². The Kier molecular flexibility index (Phi) is 6.40. The van der Waals surface area contributed by atoms with Crippen molar-refractivity contribution in [3.63, 3.8) is 0 Å². The highest BCUT2D eigenvalue weighted by Gasteiger charge is 2.32. The Bertz CT molecular complexity index is 581. The standard InChI is InChI=1S/C16H21BN2O5/c1-2-15(20)19-9-8-13(19)11-24-16(21)18-14(10-17(22)23)12-6-4-3-5-7-12/h2-7,13-14,22-23H,1,8-11H2,(H,18,21)/t13-,14+/m0/s1. The number of rotatable bonds is 7. The second-order valence-corrected chi connectivity index (χ2v) is 5.60. The predicted octanol–water partition coefficient (Wildman–Crippen LogP) is 0.714. The molecule has 7 nitrogen and oxygen atoms in total. The minimum atomic E-state index is -1.55. The van der Waals surface area contributed by atoms with Gasteiger partial charge < -0.3 is 25.0 Å². The molecule has 1 fully saturated rings. The maximum Gasteiger partial charge on any atom is 0.453 e. The lowest BCUT2D eigenvalue weighted by Gasteiger charge is -2.39. The van der Waals surface area contributed by atoms with E-state index in [1.165, 1.54) is 6.08 Å². The number of hydrogen-bond donors (Lipinski definition) is 3. The highest BCUT2D eigenvalue weighted by atomic mass is 16.5. The van der Waals surface area contributed by atoms with Crippen LogP contribution in [0, 0.1) is 0 Å². The highest BCUT2D eigenvalue weighted by Crippen LogP contribution is 2.20. The van der Waals surface area contributed by atoms with Crippen molar-refractivity contribution in [3.8, 4) is 0 Å². The largest absolute Gasteiger partial charge is 0.453 e. The van der Waals surface area contributed by atoms with Crippen molar-refractivity contribution in [1.29, 1.82) is 0 Å². The molecule has 0 bridgehead atoms. The normalized spacial score (nSPS) is 17.4. The van der Waals surface area contributed by atoms with Gasteiger partial charge >= 0.3 is 13.2 Å². The van der Waals surface area contributed by atoms with Crippen LogP contribution < -0.4 is 5.32 Å². The zero-order chi connectivity index (χ0) is 17.5. The van der Waals surface area contributed by atoms with Crippen molar-refractivity contribution in [2.24, 2.45) is 0 Å². The molecule has 0 spiro atoms. The van der Waals surface area contributed by atoms with E-state index in [1.54, 1.807) is 29.2 Å². The van der Waals surface area contributed by atoms with E-state index in [-0.39, 0.29) is 24.9 Å². The Balaban J connectivity index is 1.87. The van der Waals surface area contributed by atoms with E-state index in [0.717, 1.165) is 12.0 Å². The van der Waals surface area contributed by atoms with Crippen LogP contribution in [0.25, 0.3) is 0 Å². The Morgan fingerprint density at radius 3 is 2.67 bits per heavy atom. The number of likely N-dealkylation sites (tertiary alicyclic amines) is 1. The van der Waals surface area contributed by atoms with Crippen LogP contribution in [-0.2, 0) is 9.53 Å². The lowest BCUT2D eigenvalue weighted by Crippen LogP contribution is -2.53. The van der Waals surface area contributed by atoms with Gasteiger partial charge in [-0.15, -0.1) is 0 Å². The summed E-state index contributed by atoms with van der Waals surface area (Å²) in [7, 11) is -1.55. The number of nitrogens with zero attached hydrogens (tertiary/aromatic N) is 1. The Labute approximate surface area is 141 Å². The molecule has 2 amide bonds. The maximum absolute atomic E-state index is 12.0. The smallest absolute Gasteiger partial charge is 0.447 e. The van der Waals surface area contributed by atoms with Crippen molar-refractivity contribution in [3.05, 3.63) is 48.6 Å². The van der Waals surface area contributed by atoms with Gasteiger partial charge in [0.2, 0.25) is 5.91 Å². The molecule has 8 heteroatoms. The lowest BCUT2D eigenvalue weighted by molar-refractivity contribution is -0.134. The summed E-state index contributed by atoms with van der Waals surface area (Å²) in [5.41, 5.74) is 0.745. The van der Waals surface area contributed by atoms with E-state index in [9.17, 15) is 19.6 Å². The Hall–Kier alpha value is -2.32. The van der Waals surface area contributed by atoms with Crippen molar-refractivity contribution in [2.45, 2.75) is 24.8 Å². The molecule has 0 radical (unpaired) electrons. The number of hydrogen-bond acceptors (Lipinski definition) is 5. The zero-order valence-corrected chi connectivity index (χ0v) is 13.3. The van der Waals surface area contributed by atoms with Crippen molar-refractivity contribution in [2.75, 3.05) is 13.2 Å². The van der Waals surface area contributed by atoms with Crippen LogP contribution in [0.5, 0.6) is 0 Å². The van der Waals surface area contributed by atoms with Crippen molar-refractivity contribution < 1.29 is 24.4 Å². The molecule has 1 heterocycles. The van der Waals surface area contributed by atoms with E-state index in [4.69, 9.17) is 4.74 Å². The molecular weight excluding hydrogens is 311 g/mol. The molecular formula is C16H21BN2O5. The third-order valence-corrected chi connectivity index (χ3v) is 3.95. The van der Waals surface area contributed by atoms with Crippen LogP contribution in [0.4, 0.5) is 4.79 Å². The molecule has 1 saturated heterocycles. The maximum atomic E-state index is 12.0. The van der Waals surface area contributed by atoms with Gasteiger partial charge in [-0.25, -0.2) is 4.79 Å². The molecule has 24 heavy (non-hydrogen) atoms. The van der Waals surface area contributed by atoms with Crippen molar-refractivity contribution in [1.82, 2.24) is 10.2 Å². The molecule has 3 N–H and O–H groups in total. The van der Waals surface area contributed by atoms with Gasteiger partial charge in [0.15, 0.2) is 0 Å². The van der Waals surface area contributed by atoms with Crippen LogP contribution >= 0.6 is 0 Å². The van der Waals surface area contributed by atoms with Gasteiger partial charge in [0.1, 0.15) is 6.61 Å². The first-order chi connectivity index (χ1) is 11.5. The van der Waals surface area contributed by atoms with E-state index in [0.29, 0.717) is 6.54 Å². The van der Waals surface area contributed by atoms with E-state index < -0.39 is 19.3 Å². The fourth-order valence-electron chi connectivity index (χ4n) is 2.55. The van der Waals surface area contributed by atoms with Gasteiger partial charge in [0.05, 0.1) is 12.1 Å². The number of ether oxygens (including phenoxy) is 1. The Morgan fingerprint density at radius 2 is 2.12 bits per heavy atom. The van der Waals surface area contributed by atoms with Gasteiger partial charge in [-0.1, -0.05) is 36.9 Å². The van der Waals surface area contributed by atoms with E-state index >= 15 is 0 Å². The molecule has 128 valence electrons. The number of amides is 2. The molecule has 1 aliphatic rings.